The van der Waals surface area contributed by atoms with E-state index < -0.39 is 0 Å². The normalized spacial score (nSPS) is 20.6. The van der Waals surface area contributed by atoms with Crippen molar-refractivity contribution in [3.63, 3.8) is 0 Å². The van der Waals surface area contributed by atoms with E-state index in [2.05, 4.69) is 10.2 Å². The number of amides is 1. The third kappa shape index (κ3) is 2.28. The molecule has 0 N–H and O–H groups in total. The van der Waals surface area contributed by atoms with Gasteiger partial charge in [-0.3, -0.25) is 9.69 Å². The Bertz CT molecular complexity index is 757. The lowest BCUT2D eigenvalue weighted by Crippen LogP contribution is -2.53. The van der Waals surface area contributed by atoms with Crippen LogP contribution in [0.1, 0.15) is 11.6 Å². The molecule has 0 bridgehead atoms. The van der Waals surface area contributed by atoms with Gasteiger partial charge in [0.05, 0.1) is 25.3 Å². The molecule has 2 aromatic rings. The molecule has 0 spiro atoms. The van der Waals surface area contributed by atoms with Crippen molar-refractivity contribution in [3.8, 4) is 5.75 Å². The van der Waals surface area contributed by atoms with Crippen molar-refractivity contribution in [3.05, 3.63) is 35.9 Å². The first kappa shape index (κ1) is 14.2. The highest BCUT2D eigenvalue weighted by Gasteiger charge is 2.36. The Kier molecular flexibility index (Phi) is 3.30. The van der Waals surface area contributed by atoms with E-state index in [1.165, 1.54) is 0 Å². The van der Waals surface area contributed by atoms with E-state index >= 15 is 0 Å². The quantitative estimate of drug-likeness (QED) is 0.780. The molecule has 1 atom stereocenters. The summed E-state index contributed by atoms with van der Waals surface area (Å²) in [6.45, 7) is 4.24. The van der Waals surface area contributed by atoms with Crippen LogP contribution in [0, 0.1) is 6.92 Å². The number of para-hydroxylation sites is 2. The minimum Gasteiger partial charge on any atom is -0.490 e. The lowest BCUT2D eigenvalue weighted by molar-refractivity contribution is -0.125. The van der Waals surface area contributed by atoms with Crippen LogP contribution < -0.4 is 9.64 Å². The summed E-state index contributed by atoms with van der Waals surface area (Å²) in [7, 11) is 1.96. The number of rotatable bonds is 1. The van der Waals surface area contributed by atoms with Crippen LogP contribution in [0.3, 0.4) is 0 Å². The largest absolute Gasteiger partial charge is 0.490 e. The number of anilines is 1. The van der Waals surface area contributed by atoms with Gasteiger partial charge in [0.15, 0.2) is 0 Å². The highest BCUT2D eigenvalue weighted by molar-refractivity contribution is 5.98. The topological polar surface area (TPSA) is 63.5 Å². The predicted octanol–water partition coefficient (Wildman–Crippen LogP) is 0.826. The molecule has 1 unspecified atom stereocenters. The van der Waals surface area contributed by atoms with Gasteiger partial charge in [-0.25, -0.2) is 0 Å². The van der Waals surface area contributed by atoms with Crippen LogP contribution in [0.25, 0.3) is 0 Å². The molecule has 23 heavy (non-hydrogen) atoms. The van der Waals surface area contributed by atoms with E-state index in [1.807, 2.05) is 52.6 Å². The number of ether oxygens (including phenoxy) is 1. The van der Waals surface area contributed by atoms with Crippen molar-refractivity contribution in [1.82, 2.24) is 19.7 Å². The second-order valence-electron chi connectivity index (χ2n) is 6.01. The maximum Gasteiger partial charge on any atom is 0.246 e. The third-order valence-corrected chi connectivity index (χ3v) is 4.57. The third-order valence-electron chi connectivity index (χ3n) is 4.57. The van der Waals surface area contributed by atoms with Gasteiger partial charge in [-0.2, -0.15) is 0 Å². The first-order valence-electron chi connectivity index (χ1n) is 7.77. The van der Waals surface area contributed by atoms with Gasteiger partial charge >= 0.3 is 0 Å². The smallest absolute Gasteiger partial charge is 0.246 e. The van der Waals surface area contributed by atoms with Gasteiger partial charge < -0.3 is 14.2 Å². The standard InChI is InChI=1S/C16H19N5O2/c1-11-17-18-15-10-19(2)13(9-21(11)15)16(22)20-7-8-23-14-6-4-3-5-12(14)20/h3-6,13H,7-10H2,1-2H3. The number of hydrogen-bond acceptors (Lipinski definition) is 5. The Morgan fingerprint density at radius 2 is 2.13 bits per heavy atom. The zero-order chi connectivity index (χ0) is 16.0. The van der Waals surface area contributed by atoms with E-state index in [4.69, 9.17) is 4.74 Å². The van der Waals surface area contributed by atoms with Crippen LogP contribution in [0.2, 0.25) is 0 Å². The molecule has 1 aromatic heterocycles. The molecule has 2 aliphatic rings. The Hall–Kier alpha value is -2.41. The van der Waals surface area contributed by atoms with Crippen molar-refractivity contribution in [2.75, 3.05) is 25.1 Å². The van der Waals surface area contributed by atoms with Gasteiger partial charge in [-0.1, -0.05) is 12.1 Å². The summed E-state index contributed by atoms with van der Waals surface area (Å²) in [5.41, 5.74) is 0.850. The summed E-state index contributed by atoms with van der Waals surface area (Å²) in [6, 6.07) is 7.47. The number of hydrogen-bond donors (Lipinski definition) is 0. The molecule has 1 aromatic carbocycles. The Labute approximate surface area is 134 Å². The zero-order valence-electron chi connectivity index (χ0n) is 13.3. The maximum atomic E-state index is 13.1. The average Bonchev–Trinajstić information content (AvgIpc) is 2.93. The summed E-state index contributed by atoms with van der Waals surface area (Å²) in [5, 5.41) is 8.29. The van der Waals surface area contributed by atoms with Crippen molar-refractivity contribution in [2.45, 2.75) is 26.1 Å². The fourth-order valence-electron chi connectivity index (χ4n) is 3.27. The minimum absolute atomic E-state index is 0.0991. The molecule has 1 amide bonds. The molecule has 0 radical (unpaired) electrons. The second-order valence-corrected chi connectivity index (χ2v) is 6.01. The molecule has 0 saturated heterocycles. The van der Waals surface area contributed by atoms with E-state index in [0.29, 0.717) is 26.2 Å². The van der Waals surface area contributed by atoms with Gasteiger partial charge in [0, 0.05) is 0 Å². The molecule has 0 fully saturated rings. The van der Waals surface area contributed by atoms with Crippen LogP contribution >= 0.6 is 0 Å². The number of aryl methyl sites for hydroxylation is 1. The molecular weight excluding hydrogens is 294 g/mol. The van der Waals surface area contributed by atoms with Crippen LogP contribution in [-0.2, 0) is 17.9 Å². The molecular formula is C16H19N5O2. The number of nitrogens with zero attached hydrogens (tertiary/aromatic N) is 5. The molecule has 7 heteroatoms. The van der Waals surface area contributed by atoms with E-state index in [1.54, 1.807) is 0 Å². The molecule has 0 aliphatic carbocycles. The summed E-state index contributed by atoms with van der Waals surface area (Å²) in [4.78, 5) is 17.0. The monoisotopic (exact) mass is 313 g/mol. The lowest BCUT2D eigenvalue weighted by Gasteiger charge is -2.37. The van der Waals surface area contributed by atoms with E-state index in [0.717, 1.165) is 23.1 Å². The van der Waals surface area contributed by atoms with Crippen LogP contribution in [0.15, 0.2) is 24.3 Å². The number of benzene rings is 1. The fourth-order valence-corrected chi connectivity index (χ4v) is 3.27. The number of carbonyl (C=O) groups excluding carboxylic acids is 1. The van der Waals surface area contributed by atoms with E-state index in [-0.39, 0.29) is 11.9 Å². The highest BCUT2D eigenvalue weighted by Crippen LogP contribution is 2.32. The summed E-state index contributed by atoms with van der Waals surface area (Å²) >= 11 is 0. The maximum absolute atomic E-state index is 13.1. The number of fused-ring (bicyclic) bond motifs is 2. The van der Waals surface area contributed by atoms with Gasteiger partial charge in [-0.05, 0) is 26.1 Å². The Balaban J connectivity index is 1.64. The van der Waals surface area contributed by atoms with E-state index in [9.17, 15) is 4.79 Å². The Morgan fingerprint density at radius 1 is 1.30 bits per heavy atom. The predicted molar refractivity (Wildman–Crippen MR) is 84.3 cm³/mol. The lowest BCUT2D eigenvalue weighted by atomic mass is 10.1. The number of carbonyl (C=O) groups is 1. The van der Waals surface area contributed by atoms with Crippen molar-refractivity contribution >= 4 is 11.6 Å². The van der Waals surface area contributed by atoms with Crippen molar-refractivity contribution in [1.29, 1.82) is 0 Å². The number of aromatic nitrogens is 3. The van der Waals surface area contributed by atoms with Crippen LogP contribution in [-0.4, -0.2) is 51.8 Å². The number of likely N-dealkylation sites (N-methyl/N-ethyl adjacent to an activating group) is 1. The van der Waals surface area contributed by atoms with Gasteiger partial charge in [-0.15, -0.1) is 10.2 Å². The first-order valence-corrected chi connectivity index (χ1v) is 7.77. The molecule has 7 nitrogen and oxygen atoms in total. The average molecular weight is 313 g/mol. The minimum atomic E-state index is -0.219. The van der Waals surface area contributed by atoms with Gasteiger partial charge in [0.2, 0.25) is 5.91 Å². The van der Waals surface area contributed by atoms with Crippen molar-refractivity contribution < 1.29 is 9.53 Å². The summed E-state index contributed by atoms with van der Waals surface area (Å²) < 4.78 is 7.68. The molecule has 4 rings (SSSR count). The fraction of sp³-hybridized carbons (Fsp3) is 0.438. The molecule has 120 valence electrons. The molecule has 3 heterocycles. The zero-order valence-corrected chi connectivity index (χ0v) is 13.3. The second kappa shape index (κ2) is 5.34. The van der Waals surface area contributed by atoms with Gasteiger partial charge in [0.1, 0.15) is 30.0 Å². The van der Waals surface area contributed by atoms with Gasteiger partial charge in [0.25, 0.3) is 0 Å². The highest BCUT2D eigenvalue weighted by atomic mass is 16.5. The van der Waals surface area contributed by atoms with Crippen LogP contribution in [0.4, 0.5) is 5.69 Å². The summed E-state index contributed by atoms with van der Waals surface area (Å²) in [6.07, 6.45) is 0. The SMILES string of the molecule is Cc1nnc2n1CC(C(=O)N1CCOc3ccccc31)N(C)C2. The summed E-state index contributed by atoms with van der Waals surface area (Å²) in [5.74, 6) is 2.64. The first-order chi connectivity index (χ1) is 11.1. The Morgan fingerprint density at radius 3 is 3.00 bits per heavy atom. The molecule has 0 saturated carbocycles. The van der Waals surface area contributed by atoms with Crippen molar-refractivity contribution in [2.24, 2.45) is 0 Å². The van der Waals surface area contributed by atoms with Crippen LogP contribution in [0.5, 0.6) is 5.75 Å². The molecule has 2 aliphatic heterocycles.